The molecule has 0 atom stereocenters. The molecule has 1 aromatic carbocycles. The van der Waals surface area contributed by atoms with Crippen LogP contribution in [0.2, 0.25) is 0 Å². The molecule has 1 N–H and O–H groups in total. The minimum atomic E-state index is 0.0375. The maximum Gasteiger partial charge on any atom is 0.240 e. The first-order chi connectivity index (χ1) is 12.3. The van der Waals surface area contributed by atoms with Crippen LogP contribution >= 0.6 is 0 Å². The first-order valence-electron chi connectivity index (χ1n) is 9.60. The fourth-order valence-electron chi connectivity index (χ4n) is 3.55. The van der Waals surface area contributed by atoms with Gasteiger partial charge in [-0.05, 0) is 31.4 Å². The van der Waals surface area contributed by atoms with E-state index in [0.717, 1.165) is 36.3 Å². The topological polar surface area (TPSA) is 56.2 Å². The number of nitrogens with zero attached hydrogens (tertiary/aromatic N) is 2. The van der Waals surface area contributed by atoms with E-state index in [1.807, 2.05) is 28.8 Å². The molecular weight excluding hydrogens is 314 g/mol. The Bertz CT molecular complexity index is 689. The molecule has 136 valence electrons. The van der Waals surface area contributed by atoms with E-state index in [0.29, 0.717) is 19.2 Å². The Morgan fingerprint density at radius 1 is 1.28 bits per heavy atom. The van der Waals surface area contributed by atoms with E-state index in [-0.39, 0.29) is 5.91 Å². The first kappa shape index (κ1) is 17.9. The van der Waals surface area contributed by atoms with Crippen LogP contribution in [0.25, 0.3) is 11.0 Å². The van der Waals surface area contributed by atoms with Gasteiger partial charge in [0.05, 0.1) is 17.1 Å². The van der Waals surface area contributed by atoms with Crippen LogP contribution in [0.4, 0.5) is 0 Å². The third kappa shape index (κ3) is 4.82. The van der Waals surface area contributed by atoms with Crippen molar-refractivity contribution in [1.82, 2.24) is 14.9 Å². The number of imidazole rings is 1. The van der Waals surface area contributed by atoms with Crippen molar-refractivity contribution in [2.45, 2.75) is 64.5 Å². The molecule has 0 spiro atoms. The smallest absolute Gasteiger partial charge is 0.240 e. The molecule has 5 heteroatoms. The highest BCUT2D eigenvalue weighted by molar-refractivity contribution is 5.81. The monoisotopic (exact) mass is 343 g/mol. The SMILES string of the molecule is CCc1nc2ccccc2n1CC(=O)NCCCOC1CCCCC1. The summed E-state index contributed by atoms with van der Waals surface area (Å²) in [4.78, 5) is 16.9. The molecule has 1 aromatic heterocycles. The van der Waals surface area contributed by atoms with Crippen molar-refractivity contribution in [3.05, 3.63) is 30.1 Å². The molecule has 1 fully saturated rings. The highest BCUT2D eigenvalue weighted by atomic mass is 16.5. The molecule has 0 aliphatic heterocycles. The number of rotatable bonds is 8. The van der Waals surface area contributed by atoms with E-state index in [2.05, 4.69) is 17.2 Å². The molecule has 0 bridgehead atoms. The van der Waals surface area contributed by atoms with Crippen LogP contribution in [0, 0.1) is 0 Å². The summed E-state index contributed by atoms with van der Waals surface area (Å²) in [6.45, 7) is 3.80. The summed E-state index contributed by atoms with van der Waals surface area (Å²) in [7, 11) is 0. The Kier molecular flexibility index (Phi) is 6.45. The Labute approximate surface area is 149 Å². The molecule has 1 amide bonds. The number of carbonyl (C=O) groups excluding carboxylic acids is 1. The van der Waals surface area contributed by atoms with E-state index in [1.54, 1.807) is 0 Å². The summed E-state index contributed by atoms with van der Waals surface area (Å²) in [5.41, 5.74) is 1.98. The molecule has 0 unspecified atom stereocenters. The summed E-state index contributed by atoms with van der Waals surface area (Å²) in [6, 6.07) is 7.98. The van der Waals surface area contributed by atoms with Crippen LogP contribution in [0.1, 0.15) is 51.3 Å². The number of carbonyl (C=O) groups is 1. The van der Waals surface area contributed by atoms with E-state index < -0.39 is 0 Å². The lowest BCUT2D eigenvalue weighted by Crippen LogP contribution is -2.30. The third-order valence-electron chi connectivity index (χ3n) is 4.90. The van der Waals surface area contributed by atoms with Gasteiger partial charge in [0.1, 0.15) is 12.4 Å². The number of para-hydroxylation sites is 2. The number of amides is 1. The van der Waals surface area contributed by atoms with E-state index >= 15 is 0 Å². The van der Waals surface area contributed by atoms with Gasteiger partial charge >= 0.3 is 0 Å². The predicted octanol–water partition coefficient (Wildman–Crippen LogP) is 3.45. The second-order valence-corrected chi connectivity index (χ2v) is 6.79. The van der Waals surface area contributed by atoms with Gasteiger partial charge in [0.25, 0.3) is 0 Å². The second-order valence-electron chi connectivity index (χ2n) is 6.79. The van der Waals surface area contributed by atoms with Gasteiger partial charge in [-0.1, -0.05) is 38.3 Å². The van der Waals surface area contributed by atoms with Gasteiger partial charge in [-0.3, -0.25) is 4.79 Å². The number of aryl methyl sites for hydroxylation is 1. The van der Waals surface area contributed by atoms with Gasteiger partial charge in [-0.25, -0.2) is 4.98 Å². The lowest BCUT2D eigenvalue weighted by atomic mass is 9.98. The lowest BCUT2D eigenvalue weighted by molar-refractivity contribution is -0.121. The Morgan fingerprint density at radius 3 is 2.88 bits per heavy atom. The molecule has 1 saturated carbocycles. The fraction of sp³-hybridized carbons (Fsp3) is 0.600. The lowest BCUT2D eigenvalue weighted by Gasteiger charge is -2.21. The van der Waals surface area contributed by atoms with E-state index in [4.69, 9.17) is 4.74 Å². The van der Waals surface area contributed by atoms with Gasteiger partial charge in [-0.2, -0.15) is 0 Å². The van der Waals surface area contributed by atoms with Crippen molar-refractivity contribution >= 4 is 16.9 Å². The quantitative estimate of drug-likeness (QED) is 0.747. The number of hydrogen-bond donors (Lipinski definition) is 1. The molecule has 5 nitrogen and oxygen atoms in total. The van der Waals surface area contributed by atoms with Crippen molar-refractivity contribution in [1.29, 1.82) is 0 Å². The van der Waals surface area contributed by atoms with Crippen molar-refractivity contribution in [2.75, 3.05) is 13.2 Å². The number of aromatic nitrogens is 2. The zero-order valence-electron chi connectivity index (χ0n) is 15.2. The number of fused-ring (bicyclic) bond motifs is 1. The van der Waals surface area contributed by atoms with Gasteiger partial charge in [0, 0.05) is 19.6 Å². The van der Waals surface area contributed by atoms with Crippen molar-refractivity contribution in [3.8, 4) is 0 Å². The van der Waals surface area contributed by atoms with Crippen molar-refractivity contribution in [2.24, 2.45) is 0 Å². The van der Waals surface area contributed by atoms with Crippen LogP contribution in [0.5, 0.6) is 0 Å². The summed E-state index contributed by atoms with van der Waals surface area (Å²) < 4.78 is 7.92. The van der Waals surface area contributed by atoms with Crippen LogP contribution < -0.4 is 5.32 Å². The number of hydrogen-bond acceptors (Lipinski definition) is 3. The molecule has 1 aliphatic rings. The Morgan fingerprint density at radius 2 is 2.08 bits per heavy atom. The molecule has 25 heavy (non-hydrogen) atoms. The molecule has 1 heterocycles. The Hall–Kier alpha value is -1.88. The molecule has 2 aromatic rings. The van der Waals surface area contributed by atoms with Crippen LogP contribution in [0.15, 0.2) is 24.3 Å². The van der Waals surface area contributed by atoms with Crippen molar-refractivity contribution < 1.29 is 9.53 Å². The highest BCUT2D eigenvalue weighted by Crippen LogP contribution is 2.20. The summed E-state index contributed by atoms with van der Waals surface area (Å²) >= 11 is 0. The normalized spacial score (nSPS) is 15.6. The first-order valence-corrected chi connectivity index (χ1v) is 9.60. The summed E-state index contributed by atoms with van der Waals surface area (Å²) in [5.74, 6) is 0.993. The van der Waals surface area contributed by atoms with Gasteiger partial charge in [-0.15, -0.1) is 0 Å². The van der Waals surface area contributed by atoms with E-state index in [1.165, 1.54) is 32.1 Å². The fourth-order valence-corrected chi connectivity index (χ4v) is 3.55. The minimum absolute atomic E-state index is 0.0375. The summed E-state index contributed by atoms with van der Waals surface area (Å²) in [5, 5.41) is 3.01. The zero-order valence-corrected chi connectivity index (χ0v) is 15.2. The van der Waals surface area contributed by atoms with Crippen LogP contribution in [0.3, 0.4) is 0 Å². The van der Waals surface area contributed by atoms with Crippen molar-refractivity contribution in [3.63, 3.8) is 0 Å². The van der Waals surface area contributed by atoms with Gasteiger partial charge < -0.3 is 14.6 Å². The maximum atomic E-state index is 12.3. The predicted molar refractivity (Wildman–Crippen MR) is 99.6 cm³/mol. The average molecular weight is 343 g/mol. The largest absolute Gasteiger partial charge is 0.378 e. The highest BCUT2D eigenvalue weighted by Gasteiger charge is 2.14. The van der Waals surface area contributed by atoms with Crippen LogP contribution in [-0.4, -0.2) is 34.7 Å². The average Bonchev–Trinajstić information content (AvgIpc) is 3.00. The number of nitrogens with one attached hydrogen (secondary N) is 1. The van der Waals surface area contributed by atoms with Crippen LogP contribution in [-0.2, 0) is 22.5 Å². The molecule has 0 radical (unpaired) electrons. The molecule has 3 rings (SSSR count). The minimum Gasteiger partial charge on any atom is -0.378 e. The summed E-state index contributed by atoms with van der Waals surface area (Å²) in [6.07, 6.45) is 8.44. The number of ether oxygens (including phenoxy) is 1. The van der Waals surface area contributed by atoms with E-state index in [9.17, 15) is 4.79 Å². The standard InChI is InChI=1S/C20H29N3O2/c1-2-19-22-17-11-6-7-12-18(17)23(19)15-20(24)21-13-8-14-25-16-9-4-3-5-10-16/h6-7,11-12,16H,2-5,8-10,13-15H2,1H3,(H,21,24). The third-order valence-corrected chi connectivity index (χ3v) is 4.90. The molecule has 1 aliphatic carbocycles. The Balaban J connectivity index is 1.43. The number of benzene rings is 1. The molecule has 0 saturated heterocycles. The zero-order chi connectivity index (χ0) is 17.5. The van der Waals surface area contributed by atoms with Gasteiger partial charge in [0.15, 0.2) is 0 Å². The molecular formula is C20H29N3O2. The van der Waals surface area contributed by atoms with Gasteiger partial charge in [0.2, 0.25) is 5.91 Å². The maximum absolute atomic E-state index is 12.3. The second kappa shape index (κ2) is 8.99.